The molecule has 4 rings (SSSR count). The van der Waals surface area contributed by atoms with E-state index < -0.39 is 6.04 Å². The van der Waals surface area contributed by atoms with Crippen LogP contribution < -0.4 is 4.90 Å². The Kier molecular flexibility index (Phi) is 4.22. The van der Waals surface area contributed by atoms with E-state index in [1.165, 1.54) is 0 Å². The highest BCUT2D eigenvalue weighted by Gasteiger charge is 2.37. The molecule has 1 aliphatic rings. The summed E-state index contributed by atoms with van der Waals surface area (Å²) in [5.74, 6) is -0.143. The van der Waals surface area contributed by atoms with Crippen molar-refractivity contribution in [1.82, 2.24) is 9.88 Å². The first-order chi connectivity index (χ1) is 13.0. The molecule has 0 bridgehead atoms. The lowest BCUT2D eigenvalue weighted by molar-refractivity contribution is -0.120. The minimum absolute atomic E-state index is 0.0215. The van der Waals surface area contributed by atoms with Gasteiger partial charge >= 0.3 is 0 Å². The van der Waals surface area contributed by atoms with E-state index in [4.69, 9.17) is 0 Å². The standard InChI is InChI=1S/C22H23N3O2/c1-14-15(2)23-19-10-9-16(13-18(14)19)21(26)24(3)20-11-12-25(22(20)27)17-7-5-4-6-8-17/h4-10,13,20,23H,11-12H2,1-3H3/t20-/m1/s1. The van der Waals surface area contributed by atoms with Gasteiger partial charge in [0, 0.05) is 41.4 Å². The number of anilines is 1. The Labute approximate surface area is 158 Å². The minimum Gasteiger partial charge on any atom is -0.358 e. The molecule has 1 saturated heterocycles. The van der Waals surface area contributed by atoms with Crippen LogP contribution in [0.3, 0.4) is 0 Å². The Bertz CT molecular complexity index is 1020. The number of likely N-dealkylation sites (N-methyl/N-ethyl adjacent to an activating group) is 1. The van der Waals surface area contributed by atoms with Gasteiger partial charge in [-0.3, -0.25) is 9.59 Å². The molecule has 138 valence electrons. The van der Waals surface area contributed by atoms with Gasteiger partial charge < -0.3 is 14.8 Å². The van der Waals surface area contributed by atoms with Crippen molar-refractivity contribution < 1.29 is 9.59 Å². The van der Waals surface area contributed by atoms with Crippen molar-refractivity contribution in [3.63, 3.8) is 0 Å². The van der Waals surface area contributed by atoms with Gasteiger partial charge in [0.2, 0.25) is 5.91 Å². The van der Waals surface area contributed by atoms with Crippen LogP contribution in [-0.2, 0) is 4.79 Å². The summed E-state index contributed by atoms with van der Waals surface area (Å²) in [5.41, 5.74) is 4.77. The fourth-order valence-electron chi connectivity index (χ4n) is 3.83. The average molecular weight is 361 g/mol. The van der Waals surface area contributed by atoms with E-state index >= 15 is 0 Å². The lowest BCUT2D eigenvalue weighted by Crippen LogP contribution is -2.43. The monoisotopic (exact) mass is 361 g/mol. The van der Waals surface area contributed by atoms with E-state index in [0.29, 0.717) is 18.5 Å². The Morgan fingerprint density at radius 2 is 1.89 bits per heavy atom. The van der Waals surface area contributed by atoms with Crippen molar-refractivity contribution in [2.75, 3.05) is 18.5 Å². The Hall–Kier alpha value is -3.08. The van der Waals surface area contributed by atoms with Crippen molar-refractivity contribution in [3.05, 3.63) is 65.4 Å². The molecule has 1 aliphatic heterocycles. The van der Waals surface area contributed by atoms with Crippen molar-refractivity contribution in [3.8, 4) is 0 Å². The number of fused-ring (bicyclic) bond motifs is 1. The van der Waals surface area contributed by atoms with E-state index in [-0.39, 0.29) is 11.8 Å². The number of aryl methyl sites for hydroxylation is 2. The molecule has 5 heteroatoms. The lowest BCUT2D eigenvalue weighted by atomic mass is 10.1. The molecule has 1 aromatic heterocycles. The first-order valence-electron chi connectivity index (χ1n) is 9.20. The molecular weight excluding hydrogens is 338 g/mol. The number of nitrogens with zero attached hydrogens (tertiary/aromatic N) is 2. The predicted octanol–water partition coefficient (Wildman–Crippen LogP) is 3.66. The van der Waals surface area contributed by atoms with Crippen molar-refractivity contribution >= 4 is 28.4 Å². The van der Waals surface area contributed by atoms with Crippen LogP contribution in [0.25, 0.3) is 10.9 Å². The zero-order valence-electron chi connectivity index (χ0n) is 15.8. The molecular formula is C22H23N3O2. The van der Waals surface area contributed by atoms with Gasteiger partial charge in [-0.05, 0) is 56.2 Å². The summed E-state index contributed by atoms with van der Waals surface area (Å²) in [4.78, 5) is 32.6. The van der Waals surface area contributed by atoms with Crippen LogP contribution in [-0.4, -0.2) is 41.3 Å². The Morgan fingerprint density at radius 1 is 1.15 bits per heavy atom. The van der Waals surface area contributed by atoms with Crippen LogP contribution >= 0.6 is 0 Å². The first kappa shape index (κ1) is 17.3. The molecule has 2 amide bonds. The van der Waals surface area contributed by atoms with Gasteiger partial charge in [0.1, 0.15) is 6.04 Å². The Balaban J connectivity index is 1.57. The maximum atomic E-state index is 13.0. The van der Waals surface area contributed by atoms with Crippen LogP contribution in [0, 0.1) is 13.8 Å². The molecule has 0 saturated carbocycles. The van der Waals surface area contributed by atoms with Crippen molar-refractivity contribution in [2.45, 2.75) is 26.3 Å². The fraction of sp³-hybridized carbons (Fsp3) is 0.273. The number of hydrogen-bond donors (Lipinski definition) is 1. The molecule has 1 fully saturated rings. The highest BCUT2D eigenvalue weighted by Crippen LogP contribution is 2.26. The van der Waals surface area contributed by atoms with Gasteiger partial charge in [0.05, 0.1) is 0 Å². The van der Waals surface area contributed by atoms with E-state index in [9.17, 15) is 9.59 Å². The number of rotatable bonds is 3. The molecule has 27 heavy (non-hydrogen) atoms. The second-order valence-corrected chi connectivity index (χ2v) is 7.18. The number of carbonyl (C=O) groups excluding carboxylic acids is 2. The molecule has 0 unspecified atom stereocenters. The van der Waals surface area contributed by atoms with E-state index in [1.54, 1.807) is 16.8 Å². The third-order valence-electron chi connectivity index (χ3n) is 5.59. The number of aromatic amines is 1. The summed E-state index contributed by atoms with van der Waals surface area (Å²) in [7, 11) is 1.72. The van der Waals surface area contributed by atoms with Crippen LogP contribution in [0.15, 0.2) is 48.5 Å². The molecule has 1 N–H and O–H groups in total. The number of benzene rings is 2. The van der Waals surface area contributed by atoms with Gasteiger partial charge in [0.15, 0.2) is 0 Å². The Morgan fingerprint density at radius 3 is 2.63 bits per heavy atom. The maximum absolute atomic E-state index is 13.0. The fourth-order valence-corrected chi connectivity index (χ4v) is 3.83. The number of amides is 2. The van der Waals surface area contributed by atoms with E-state index in [1.807, 2.05) is 62.4 Å². The number of carbonyl (C=O) groups is 2. The van der Waals surface area contributed by atoms with E-state index in [2.05, 4.69) is 4.98 Å². The second-order valence-electron chi connectivity index (χ2n) is 7.18. The van der Waals surface area contributed by atoms with Crippen LogP contribution in [0.4, 0.5) is 5.69 Å². The molecule has 1 atom stereocenters. The summed E-state index contributed by atoms with van der Waals surface area (Å²) >= 11 is 0. The quantitative estimate of drug-likeness (QED) is 0.774. The van der Waals surface area contributed by atoms with Gasteiger partial charge in [-0.2, -0.15) is 0 Å². The average Bonchev–Trinajstić information content (AvgIpc) is 3.21. The highest BCUT2D eigenvalue weighted by atomic mass is 16.2. The molecule has 2 aromatic carbocycles. The number of H-pyrrole nitrogens is 1. The third kappa shape index (κ3) is 2.89. The van der Waals surface area contributed by atoms with Crippen molar-refractivity contribution in [2.24, 2.45) is 0 Å². The number of nitrogens with one attached hydrogen (secondary N) is 1. The molecule has 5 nitrogen and oxygen atoms in total. The molecule has 0 spiro atoms. The van der Waals surface area contributed by atoms with Gasteiger partial charge in [0.25, 0.3) is 5.91 Å². The first-order valence-corrected chi connectivity index (χ1v) is 9.20. The number of aromatic nitrogens is 1. The normalized spacial score (nSPS) is 16.9. The number of para-hydroxylation sites is 1. The van der Waals surface area contributed by atoms with Crippen LogP contribution in [0.1, 0.15) is 28.0 Å². The smallest absolute Gasteiger partial charge is 0.254 e. The SMILES string of the molecule is Cc1[nH]c2ccc(C(=O)N(C)[C@@H]3CCN(c4ccccc4)C3=O)cc2c1C. The zero-order chi connectivity index (χ0) is 19.1. The molecule has 3 aromatic rings. The summed E-state index contributed by atoms with van der Waals surface area (Å²) < 4.78 is 0. The predicted molar refractivity (Wildman–Crippen MR) is 107 cm³/mol. The van der Waals surface area contributed by atoms with E-state index in [0.717, 1.165) is 27.8 Å². The van der Waals surface area contributed by atoms with Gasteiger partial charge in [-0.25, -0.2) is 0 Å². The minimum atomic E-state index is -0.428. The van der Waals surface area contributed by atoms with Gasteiger partial charge in [-0.15, -0.1) is 0 Å². The second kappa shape index (κ2) is 6.58. The molecule has 0 radical (unpaired) electrons. The summed E-state index contributed by atoms with van der Waals surface area (Å²) in [6, 6.07) is 14.9. The van der Waals surface area contributed by atoms with Gasteiger partial charge in [-0.1, -0.05) is 18.2 Å². The third-order valence-corrected chi connectivity index (χ3v) is 5.59. The number of hydrogen-bond acceptors (Lipinski definition) is 2. The topological polar surface area (TPSA) is 56.4 Å². The highest BCUT2D eigenvalue weighted by molar-refractivity contribution is 6.05. The largest absolute Gasteiger partial charge is 0.358 e. The zero-order valence-corrected chi connectivity index (χ0v) is 15.8. The summed E-state index contributed by atoms with van der Waals surface area (Å²) in [6.45, 7) is 4.70. The van der Waals surface area contributed by atoms with Crippen LogP contribution in [0.2, 0.25) is 0 Å². The summed E-state index contributed by atoms with van der Waals surface area (Å²) in [5, 5.41) is 1.05. The molecule has 0 aliphatic carbocycles. The lowest BCUT2D eigenvalue weighted by Gasteiger charge is -2.24. The maximum Gasteiger partial charge on any atom is 0.254 e. The van der Waals surface area contributed by atoms with Crippen molar-refractivity contribution in [1.29, 1.82) is 0 Å². The van der Waals surface area contributed by atoms with Crippen LogP contribution in [0.5, 0.6) is 0 Å². The summed E-state index contributed by atoms with van der Waals surface area (Å²) in [6.07, 6.45) is 0.639. The molecule has 2 heterocycles.